The SMILES string of the molecule is [Pt+2].[c-]1ccccc1-c1cccc(-c2ccccc2[N-]c2ccc(-c3ccccc3)cc2-c2ccncn2)n1. The van der Waals surface area contributed by atoms with Crippen molar-refractivity contribution in [1.29, 1.82) is 0 Å². The first-order valence-corrected chi connectivity index (χ1v) is 12.1. The molecule has 0 aliphatic heterocycles. The van der Waals surface area contributed by atoms with Crippen LogP contribution in [0.2, 0.25) is 0 Å². The van der Waals surface area contributed by atoms with E-state index in [1.807, 2.05) is 84.9 Å². The summed E-state index contributed by atoms with van der Waals surface area (Å²) in [6, 6.07) is 43.8. The van der Waals surface area contributed by atoms with Crippen molar-refractivity contribution in [2.45, 2.75) is 0 Å². The van der Waals surface area contributed by atoms with E-state index in [0.29, 0.717) is 0 Å². The molecule has 4 aromatic carbocycles. The van der Waals surface area contributed by atoms with Crippen LogP contribution >= 0.6 is 0 Å². The molecule has 184 valence electrons. The Morgan fingerprint density at radius 3 is 2.18 bits per heavy atom. The zero-order chi connectivity index (χ0) is 24.9. The predicted octanol–water partition coefficient (Wildman–Crippen LogP) is 8.67. The zero-order valence-electron chi connectivity index (χ0n) is 20.3. The maximum Gasteiger partial charge on any atom is 2.00 e. The van der Waals surface area contributed by atoms with E-state index >= 15 is 0 Å². The summed E-state index contributed by atoms with van der Waals surface area (Å²) < 4.78 is 0. The van der Waals surface area contributed by atoms with Crippen LogP contribution in [0.15, 0.2) is 134 Å². The molecule has 0 fully saturated rings. The first kappa shape index (κ1) is 25.3. The quantitative estimate of drug-likeness (QED) is 0.167. The second kappa shape index (κ2) is 11.8. The Labute approximate surface area is 236 Å². The van der Waals surface area contributed by atoms with Crippen LogP contribution in [0.1, 0.15) is 0 Å². The third-order valence-electron chi connectivity index (χ3n) is 6.12. The van der Waals surface area contributed by atoms with Crippen LogP contribution in [-0.2, 0) is 21.1 Å². The average Bonchev–Trinajstić information content (AvgIpc) is 2.99. The van der Waals surface area contributed by atoms with Crippen LogP contribution in [0.25, 0.3) is 50.2 Å². The van der Waals surface area contributed by atoms with Crippen molar-refractivity contribution >= 4 is 11.4 Å². The van der Waals surface area contributed by atoms with E-state index in [1.165, 1.54) is 0 Å². The Kier molecular flexibility index (Phi) is 7.82. The Bertz CT molecular complexity index is 1640. The molecule has 4 nitrogen and oxygen atoms in total. The van der Waals surface area contributed by atoms with Crippen molar-refractivity contribution in [3.05, 3.63) is 145 Å². The smallest absolute Gasteiger partial charge is 0.657 e. The number of nitrogens with zero attached hydrogens (tertiary/aromatic N) is 4. The maximum absolute atomic E-state index is 5.12. The fourth-order valence-electron chi connectivity index (χ4n) is 4.30. The largest absolute Gasteiger partial charge is 2.00 e. The van der Waals surface area contributed by atoms with Crippen molar-refractivity contribution in [3.8, 4) is 44.9 Å². The Hall–Kier alpha value is -4.40. The minimum Gasteiger partial charge on any atom is -0.657 e. The molecule has 6 rings (SSSR count). The molecule has 6 aromatic rings. The topological polar surface area (TPSA) is 52.8 Å². The number of hydrogen-bond donors (Lipinski definition) is 0. The van der Waals surface area contributed by atoms with Gasteiger partial charge in [0, 0.05) is 6.20 Å². The third-order valence-corrected chi connectivity index (χ3v) is 6.12. The molecule has 2 aromatic heterocycles. The number of aromatic nitrogens is 3. The normalized spacial score (nSPS) is 10.4. The Balaban J connectivity index is 0.00000294. The Morgan fingerprint density at radius 2 is 1.37 bits per heavy atom. The summed E-state index contributed by atoms with van der Waals surface area (Å²) in [7, 11) is 0. The van der Waals surface area contributed by atoms with E-state index < -0.39 is 0 Å². The summed E-state index contributed by atoms with van der Waals surface area (Å²) in [5.74, 6) is 0. The first-order chi connectivity index (χ1) is 18.3. The number of benzene rings is 4. The van der Waals surface area contributed by atoms with E-state index in [2.05, 4.69) is 52.4 Å². The van der Waals surface area contributed by atoms with E-state index in [0.717, 1.165) is 56.3 Å². The van der Waals surface area contributed by atoms with Gasteiger partial charge in [-0.1, -0.05) is 78.9 Å². The molecule has 0 aliphatic rings. The van der Waals surface area contributed by atoms with Crippen LogP contribution in [-0.4, -0.2) is 15.0 Å². The summed E-state index contributed by atoms with van der Waals surface area (Å²) in [6.45, 7) is 0. The summed E-state index contributed by atoms with van der Waals surface area (Å²) in [5, 5.41) is 5.12. The molecular weight excluding hydrogens is 647 g/mol. The van der Waals surface area contributed by atoms with E-state index in [4.69, 9.17) is 10.3 Å². The molecular formula is C33H22N4Pt. The maximum atomic E-state index is 5.12. The van der Waals surface area contributed by atoms with Gasteiger partial charge in [0.15, 0.2) is 0 Å². The van der Waals surface area contributed by atoms with E-state index in [1.54, 1.807) is 12.5 Å². The van der Waals surface area contributed by atoms with Gasteiger partial charge in [0.1, 0.15) is 6.33 Å². The molecule has 0 unspecified atom stereocenters. The molecule has 0 saturated carbocycles. The van der Waals surface area contributed by atoms with Crippen LogP contribution in [0, 0.1) is 6.07 Å². The second-order valence-electron chi connectivity index (χ2n) is 8.51. The van der Waals surface area contributed by atoms with Crippen molar-refractivity contribution in [3.63, 3.8) is 0 Å². The van der Waals surface area contributed by atoms with Gasteiger partial charge in [-0.2, -0.15) is 0 Å². The minimum atomic E-state index is 0. The van der Waals surface area contributed by atoms with Gasteiger partial charge in [-0.15, -0.1) is 47.3 Å². The van der Waals surface area contributed by atoms with Crippen molar-refractivity contribution in [1.82, 2.24) is 15.0 Å². The van der Waals surface area contributed by atoms with Gasteiger partial charge in [-0.05, 0) is 46.1 Å². The fraction of sp³-hybridized carbons (Fsp3) is 0. The van der Waals surface area contributed by atoms with Crippen LogP contribution < -0.4 is 0 Å². The summed E-state index contributed by atoms with van der Waals surface area (Å²) in [6.07, 6.45) is 3.32. The molecule has 0 radical (unpaired) electrons. The van der Waals surface area contributed by atoms with Crippen molar-refractivity contribution < 1.29 is 21.1 Å². The first-order valence-electron chi connectivity index (χ1n) is 12.1. The molecule has 0 atom stereocenters. The number of hydrogen-bond acceptors (Lipinski definition) is 3. The summed E-state index contributed by atoms with van der Waals surface area (Å²) in [5.41, 5.74) is 9.34. The molecule has 0 aliphatic carbocycles. The molecule has 0 spiro atoms. The monoisotopic (exact) mass is 669 g/mol. The molecule has 2 heterocycles. The van der Waals surface area contributed by atoms with Gasteiger partial charge >= 0.3 is 21.1 Å². The standard InChI is InChI=1S/C33H22N4.Pt/c1-3-10-24(11-4-1)26-18-19-33(28(22-26)30-20-21-34-23-35-30)37-31-15-8-7-14-27(31)32-17-9-16-29(36-32)25-12-5-2-6-13-25;/h1-12,14-23H;/q-2;+2. The molecule has 0 saturated heterocycles. The van der Waals surface area contributed by atoms with Crippen LogP contribution in [0.5, 0.6) is 0 Å². The fourth-order valence-corrected chi connectivity index (χ4v) is 4.30. The van der Waals surface area contributed by atoms with Gasteiger partial charge in [0.25, 0.3) is 0 Å². The molecule has 38 heavy (non-hydrogen) atoms. The molecule has 0 N–H and O–H groups in total. The Morgan fingerprint density at radius 1 is 0.579 bits per heavy atom. The molecule has 0 amide bonds. The van der Waals surface area contributed by atoms with E-state index in [9.17, 15) is 0 Å². The van der Waals surface area contributed by atoms with Crippen LogP contribution in [0.4, 0.5) is 11.4 Å². The predicted molar refractivity (Wildman–Crippen MR) is 150 cm³/mol. The van der Waals surface area contributed by atoms with E-state index in [-0.39, 0.29) is 21.1 Å². The number of para-hydroxylation sites is 1. The summed E-state index contributed by atoms with van der Waals surface area (Å²) >= 11 is 0. The van der Waals surface area contributed by atoms with Gasteiger partial charge in [-0.25, -0.2) is 9.97 Å². The molecule has 5 heteroatoms. The van der Waals surface area contributed by atoms with Gasteiger partial charge in [0.2, 0.25) is 0 Å². The minimum absolute atomic E-state index is 0. The van der Waals surface area contributed by atoms with Crippen molar-refractivity contribution in [2.75, 3.05) is 0 Å². The van der Waals surface area contributed by atoms with Gasteiger partial charge in [-0.3, -0.25) is 4.98 Å². The van der Waals surface area contributed by atoms with Gasteiger partial charge < -0.3 is 5.32 Å². The number of rotatable bonds is 6. The number of pyridine rings is 1. The molecule has 0 bridgehead atoms. The van der Waals surface area contributed by atoms with Crippen molar-refractivity contribution in [2.24, 2.45) is 0 Å². The zero-order valence-corrected chi connectivity index (χ0v) is 22.6. The average molecular weight is 670 g/mol. The van der Waals surface area contributed by atoms with Crippen LogP contribution in [0.3, 0.4) is 0 Å². The second-order valence-corrected chi connectivity index (χ2v) is 8.51. The third kappa shape index (κ3) is 5.46. The summed E-state index contributed by atoms with van der Waals surface area (Å²) in [4.78, 5) is 13.6. The van der Waals surface area contributed by atoms with Gasteiger partial charge in [0.05, 0.1) is 11.4 Å².